The van der Waals surface area contributed by atoms with Gasteiger partial charge in [-0.15, -0.1) is 10.2 Å². The summed E-state index contributed by atoms with van der Waals surface area (Å²) in [6.45, 7) is 1.91. The number of halogens is 1. The van der Waals surface area contributed by atoms with Crippen LogP contribution in [0.15, 0.2) is 29.4 Å². The first kappa shape index (κ1) is 19.3. The van der Waals surface area contributed by atoms with Crippen LogP contribution in [0, 0.1) is 0 Å². The average Bonchev–Trinajstić information content (AvgIpc) is 2.91. The number of carbonyl (C=O) groups excluding carboxylic acids is 2. The third-order valence-corrected chi connectivity index (χ3v) is 4.87. The first-order valence-corrected chi connectivity index (χ1v) is 9.07. The van der Waals surface area contributed by atoms with Crippen molar-refractivity contribution in [2.24, 2.45) is 12.8 Å². The van der Waals surface area contributed by atoms with Gasteiger partial charge in [-0.05, 0) is 24.6 Å². The Hall–Kier alpha value is -2.06. The van der Waals surface area contributed by atoms with Crippen molar-refractivity contribution in [3.63, 3.8) is 0 Å². The molecule has 0 spiro atoms. The first-order valence-electron chi connectivity index (χ1n) is 7.71. The minimum absolute atomic E-state index is 0.103. The molecule has 1 aromatic heterocycles. The number of rotatable bonds is 8. The van der Waals surface area contributed by atoms with Gasteiger partial charge in [-0.1, -0.05) is 35.5 Å². The van der Waals surface area contributed by atoms with Gasteiger partial charge >= 0.3 is 0 Å². The highest BCUT2D eigenvalue weighted by Crippen LogP contribution is 2.18. The number of thioether (sulfide) groups is 1. The summed E-state index contributed by atoms with van der Waals surface area (Å²) in [4.78, 5) is 23.0. The number of nitrogens with zero attached hydrogens (tertiary/aromatic N) is 3. The standard InChI is InChI=1S/C16H20ClN5O2S/c1-10(11-3-5-12(17)6-4-11)19-15(24)9-25-16-21-20-14(22(16)2)8-7-13(18)23/h3-6,10H,7-9H2,1-2H3,(H2,18,23)(H,19,24)/t10-/m1/s1. The molecule has 0 aliphatic rings. The summed E-state index contributed by atoms with van der Waals surface area (Å²) in [7, 11) is 1.80. The van der Waals surface area contributed by atoms with Gasteiger partial charge in [0.15, 0.2) is 5.16 Å². The third kappa shape index (κ3) is 5.75. The Balaban J connectivity index is 1.85. The maximum absolute atomic E-state index is 12.1. The van der Waals surface area contributed by atoms with Gasteiger partial charge in [0, 0.05) is 24.9 Å². The predicted molar refractivity (Wildman–Crippen MR) is 97.3 cm³/mol. The van der Waals surface area contributed by atoms with Crippen LogP contribution in [0.2, 0.25) is 5.02 Å². The Labute approximate surface area is 155 Å². The van der Waals surface area contributed by atoms with Gasteiger partial charge in [-0.3, -0.25) is 9.59 Å². The van der Waals surface area contributed by atoms with Gasteiger partial charge in [0.25, 0.3) is 0 Å². The van der Waals surface area contributed by atoms with E-state index in [1.165, 1.54) is 11.8 Å². The van der Waals surface area contributed by atoms with Crippen LogP contribution < -0.4 is 11.1 Å². The van der Waals surface area contributed by atoms with Gasteiger partial charge in [0.2, 0.25) is 11.8 Å². The number of hydrogen-bond acceptors (Lipinski definition) is 5. The van der Waals surface area contributed by atoms with Crippen LogP contribution in [0.25, 0.3) is 0 Å². The number of aryl methyl sites for hydroxylation is 1. The Morgan fingerprint density at radius 1 is 1.32 bits per heavy atom. The van der Waals surface area contributed by atoms with Crippen LogP contribution in [-0.4, -0.2) is 32.3 Å². The number of hydrogen-bond donors (Lipinski definition) is 2. The topological polar surface area (TPSA) is 103 Å². The second-order valence-corrected chi connectivity index (χ2v) is 6.93. The Morgan fingerprint density at radius 3 is 2.64 bits per heavy atom. The molecule has 25 heavy (non-hydrogen) atoms. The van der Waals surface area contributed by atoms with Crippen LogP contribution in [-0.2, 0) is 23.1 Å². The lowest BCUT2D eigenvalue weighted by atomic mass is 10.1. The van der Waals surface area contributed by atoms with Crippen molar-refractivity contribution in [3.05, 3.63) is 40.7 Å². The molecule has 9 heteroatoms. The number of amides is 2. The van der Waals surface area contributed by atoms with E-state index in [4.69, 9.17) is 17.3 Å². The molecule has 0 aliphatic carbocycles. The van der Waals surface area contributed by atoms with Crippen LogP contribution in [0.4, 0.5) is 0 Å². The predicted octanol–water partition coefficient (Wildman–Crippen LogP) is 1.86. The molecule has 2 amide bonds. The van der Waals surface area contributed by atoms with E-state index in [2.05, 4.69) is 15.5 Å². The molecule has 134 valence electrons. The lowest BCUT2D eigenvalue weighted by Gasteiger charge is -2.14. The highest BCUT2D eigenvalue weighted by Gasteiger charge is 2.14. The summed E-state index contributed by atoms with van der Waals surface area (Å²) in [5.41, 5.74) is 6.12. The van der Waals surface area contributed by atoms with E-state index < -0.39 is 0 Å². The number of nitrogens with two attached hydrogens (primary N) is 1. The van der Waals surface area contributed by atoms with Crippen molar-refractivity contribution in [3.8, 4) is 0 Å². The van der Waals surface area contributed by atoms with E-state index >= 15 is 0 Å². The molecule has 0 saturated heterocycles. The van der Waals surface area contributed by atoms with Crippen molar-refractivity contribution >= 4 is 35.2 Å². The molecule has 0 fully saturated rings. The zero-order valence-electron chi connectivity index (χ0n) is 14.0. The Kier molecular flexibility index (Phi) is 6.83. The average molecular weight is 382 g/mol. The Bertz CT molecular complexity index is 747. The van der Waals surface area contributed by atoms with E-state index in [0.29, 0.717) is 22.4 Å². The fraction of sp³-hybridized carbons (Fsp3) is 0.375. The summed E-state index contributed by atoms with van der Waals surface area (Å²) in [5, 5.41) is 12.3. The molecule has 2 aromatic rings. The maximum Gasteiger partial charge on any atom is 0.230 e. The van der Waals surface area contributed by atoms with E-state index in [9.17, 15) is 9.59 Å². The van der Waals surface area contributed by atoms with Crippen molar-refractivity contribution in [2.45, 2.75) is 31.0 Å². The third-order valence-electron chi connectivity index (χ3n) is 3.60. The van der Waals surface area contributed by atoms with E-state index in [1.807, 2.05) is 19.1 Å². The molecule has 2 rings (SSSR count). The first-order chi connectivity index (χ1) is 11.9. The number of primary amides is 1. The molecular formula is C16H20ClN5O2S. The van der Waals surface area contributed by atoms with Gasteiger partial charge in [-0.25, -0.2) is 0 Å². The Morgan fingerprint density at radius 2 is 2.00 bits per heavy atom. The number of benzene rings is 1. The normalized spacial score (nSPS) is 12.0. The van der Waals surface area contributed by atoms with Gasteiger partial charge in [0.05, 0.1) is 11.8 Å². The smallest absolute Gasteiger partial charge is 0.230 e. The summed E-state index contributed by atoms with van der Waals surface area (Å²) in [5.74, 6) is 0.401. The molecular weight excluding hydrogens is 362 g/mol. The molecule has 3 N–H and O–H groups in total. The quantitative estimate of drug-likeness (QED) is 0.679. The number of aromatic nitrogens is 3. The van der Waals surface area contributed by atoms with Gasteiger partial charge in [-0.2, -0.15) is 0 Å². The summed E-state index contributed by atoms with van der Waals surface area (Å²) in [6.07, 6.45) is 0.648. The summed E-state index contributed by atoms with van der Waals surface area (Å²) in [6, 6.07) is 7.24. The molecule has 0 radical (unpaired) electrons. The molecule has 1 aromatic carbocycles. The second-order valence-electron chi connectivity index (χ2n) is 5.55. The molecule has 0 unspecified atom stereocenters. The lowest BCUT2D eigenvalue weighted by molar-refractivity contribution is -0.119. The lowest BCUT2D eigenvalue weighted by Crippen LogP contribution is -2.28. The van der Waals surface area contributed by atoms with Crippen LogP contribution in [0.3, 0.4) is 0 Å². The fourth-order valence-electron chi connectivity index (χ4n) is 2.17. The highest BCUT2D eigenvalue weighted by atomic mass is 35.5. The van der Waals surface area contributed by atoms with Gasteiger partial charge < -0.3 is 15.6 Å². The fourth-order valence-corrected chi connectivity index (χ4v) is 3.04. The minimum Gasteiger partial charge on any atom is -0.370 e. The van der Waals surface area contributed by atoms with Crippen molar-refractivity contribution < 1.29 is 9.59 Å². The van der Waals surface area contributed by atoms with Crippen LogP contribution in [0.5, 0.6) is 0 Å². The SMILES string of the molecule is C[C@@H](NC(=O)CSc1nnc(CCC(N)=O)n1C)c1ccc(Cl)cc1. The number of nitrogens with one attached hydrogen (secondary N) is 1. The zero-order valence-corrected chi connectivity index (χ0v) is 15.6. The summed E-state index contributed by atoms with van der Waals surface area (Å²) >= 11 is 7.15. The molecule has 0 aliphatic heterocycles. The van der Waals surface area contributed by atoms with Crippen LogP contribution in [0.1, 0.15) is 30.8 Å². The molecule has 0 saturated carbocycles. The molecule has 1 heterocycles. The van der Waals surface area contributed by atoms with E-state index in [0.717, 1.165) is 5.56 Å². The number of carbonyl (C=O) groups is 2. The summed E-state index contributed by atoms with van der Waals surface area (Å²) < 4.78 is 1.77. The van der Waals surface area contributed by atoms with E-state index in [1.54, 1.807) is 23.7 Å². The monoisotopic (exact) mass is 381 g/mol. The minimum atomic E-state index is -0.382. The zero-order chi connectivity index (χ0) is 18.4. The molecule has 1 atom stereocenters. The molecule has 0 bridgehead atoms. The molecule has 7 nitrogen and oxygen atoms in total. The van der Waals surface area contributed by atoms with E-state index in [-0.39, 0.29) is 30.0 Å². The maximum atomic E-state index is 12.1. The largest absolute Gasteiger partial charge is 0.370 e. The van der Waals surface area contributed by atoms with Crippen molar-refractivity contribution in [2.75, 3.05) is 5.75 Å². The van der Waals surface area contributed by atoms with Crippen molar-refractivity contribution in [1.82, 2.24) is 20.1 Å². The second kappa shape index (κ2) is 8.87. The van der Waals surface area contributed by atoms with Crippen LogP contribution >= 0.6 is 23.4 Å². The van der Waals surface area contributed by atoms with Crippen molar-refractivity contribution in [1.29, 1.82) is 0 Å². The highest BCUT2D eigenvalue weighted by molar-refractivity contribution is 7.99. The van der Waals surface area contributed by atoms with Gasteiger partial charge in [0.1, 0.15) is 5.82 Å².